The molecule has 10 rings (SSSR count). The first kappa shape index (κ1) is 31.6. The molecule has 0 atom stereocenters. The van der Waals surface area contributed by atoms with E-state index in [1.165, 1.54) is 44.2 Å². The summed E-state index contributed by atoms with van der Waals surface area (Å²) in [4.78, 5) is 2.34. The van der Waals surface area contributed by atoms with Gasteiger partial charge in [-0.2, -0.15) is 0 Å². The first-order valence-electron chi connectivity index (χ1n) is 18.4. The molecular weight excluding hydrogens is 655 g/mol. The van der Waals surface area contributed by atoms with Crippen molar-refractivity contribution in [3.63, 3.8) is 0 Å². The maximum atomic E-state index is 6.22. The lowest BCUT2D eigenvalue weighted by Crippen LogP contribution is -2.10. The van der Waals surface area contributed by atoms with Gasteiger partial charge in [0.1, 0.15) is 11.2 Å². The average Bonchev–Trinajstić information content (AvgIpc) is 3.63. The van der Waals surface area contributed by atoms with Crippen LogP contribution < -0.4 is 4.90 Å². The summed E-state index contributed by atoms with van der Waals surface area (Å²) in [6.45, 7) is 0. The Balaban J connectivity index is 1.02. The van der Waals surface area contributed by atoms with Crippen LogP contribution in [-0.4, -0.2) is 0 Å². The van der Waals surface area contributed by atoms with Gasteiger partial charge >= 0.3 is 0 Å². The number of hydrogen-bond acceptors (Lipinski definition) is 2. The van der Waals surface area contributed by atoms with Gasteiger partial charge in [-0.15, -0.1) is 0 Å². The third-order valence-electron chi connectivity index (χ3n) is 10.5. The van der Waals surface area contributed by atoms with Crippen LogP contribution in [0.25, 0.3) is 77.2 Å². The molecule has 2 heteroatoms. The summed E-state index contributed by atoms with van der Waals surface area (Å²) in [5, 5.41) is 4.80. The van der Waals surface area contributed by atoms with E-state index in [4.69, 9.17) is 4.42 Å². The summed E-state index contributed by atoms with van der Waals surface area (Å²) in [6, 6.07) is 75.9. The fourth-order valence-electron chi connectivity index (χ4n) is 7.76. The van der Waals surface area contributed by atoms with E-state index in [9.17, 15) is 0 Å². The number of para-hydroxylation sites is 1. The summed E-state index contributed by atoms with van der Waals surface area (Å²) in [6.07, 6.45) is 0. The molecular formula is C52H35NO. The van der Waals surface area contributed by atoms with Gasteiger partial charge in [0, 0.05) is 27.8 Å². The van der Waals surface area contributed by atoms with E-state index in [0.29, 0.717) is 0 Å². The van der Waals surface area contributed by atoms with Gasteiger partial charge in [0.2, 0.25) is 0 Å². The highest BCUT2D eigenvalue weighted by Crippen LogP contribution is 2.40. The van der Waals surface area contributed by atoms with Crippen molar-refractivity contribution < 1.29 is 4.42 Å². The van der Waals surface area contributed by atoms with Crippen LogP contribution in [0.15, 0.2) is 217 Å². The second-order valence-electron chi connectivity index (χ2n) is 13.8. The largest absolute Gasteiger partial charge is 0.456 e. The Hall–Kier alpha value is -7.16. The molecule has 1 heterocycles. The SMILES string of the molecule is c1ccc(-c2cccc(N(c3ccc(-c4cccc(-c5cccc6ccccc56)c4)cc3)c3ccc(-c4ccc5c(c4)oc4ccccc45)cc3)c2)cc1. The minimum Gasteiger partial charge on any atom is -0.456 e. The van der Waals surface area contributed by atoms with Crippen molar-refractivity contribution in [2.45, 2.75) is 0 Å². The molecule has 0 aliphatic carbocycles. The van der Waals surface area contributed by atoms with Gasteiger partial charge in [-0.1, -0.05) is 152 Å². The monoisotopic (exact) mass is 689 g/mol. The van der Waals surface area contributed by atoms with E-state index < -0.39 is 0 Å². The molecule has 0 spiro atoms. The van der Waals surface area contributed by atoms with Crippen LogP contribution in [-0.2, 0) is 0 Å². The molecule has 0 aliphatic heterocycles. The van der Waals surface area contributed by atoms with Gasteiger partial charge in [0.25, 0.3) is 0 Å². The van der Waals surface area contributed by atoms with E-state index in [0.717, 1.165) is 50.1 Å². The average molecular weight is 690 g/mol. The number of benzene rings is 9. The van der Waals surface area contributed by atoms with E-state index >= 15 is 0 Å². The van der Waals surface area contributed by atoms with Crippen LogP contribution in [0.4, 0.5) is 17.1 Å². The molecule has 0 aliphatic rings. The number of furan rings is 1. The molecule has 10 aromatic rings. The third kappa shape index (κ3) is 5.81. The molecule has 54 heavy (non-hydrogen) atoms. The van der Waals surface area contributed by atoms with Crippen LogP contribution in [0, 0.1) is 0 Å². The standard InChI is InChI=1S/C52H35NO/c1-2-11-36(12-3-1)41-16-9-18-46(34-41)53(45-30-25-38(26-31-45)42-27-32-50-49-20-6-7-22-51(49)54-52(50)35-42)44-28-23-37(24-29-44)40-15-8-17-43(33-40)48-21-10-14-39-13-4-5-19-47(39)48/h1-35H. The Bertz CT molecular complexity index is 2920. The molecule has 2 nitrogen and oxygen atoms in total. The lowest BCUT2D eigenvalue weighted by atomic mass is 9.95. The van der Waals surface area contributed by atoms with Crippen molar-refractivity contribution in [1.29, 1.82) is 0 Å². The number of fused-ring (bicyclic) bond motifs is 4. The smallest absolute Gasteiger partial charge is 0.136 e. The molecule has 0 unspecified atom stereocenters. The van der Waals surface area contributed by atoms with E-state index in [1.807, 2.05) is 12.1 Å². The Kier molecular flexibility index (Phi) is 7.85. The first-order chi connectivity index (χ1) is 26.7. The van der Waals surface area contributed by atoms with E-state index in [2.05, 4.69) is 205 Å². The van der Waals surface area contributed by atoms with Gasteiger partial charge < -0.3 is 9.32 Å². The van der Waals surface area contributed by atoms with Gasteiger partial charge in [0.15, 0.2) is 0 Å². The minimum absolute atomic E-state index is 0.903. The zero-order valence-electron chi connectivity index (χ0n) is 29.6. The van der Waals surface area contributed by atoms with E-state index in [-0.39, 0.29) is 0 Å². The maximum Gasteiger partial charge on any atom is 0.136 e. The van der Waals surface area contributed by atoms with Crippen molar-refractivity contribution in [1.82, 2.24) is 0 Å². The summed E-state index contributed by atoms with van der Waals surface area (Å²) in [7, 11) is 0. The van der Waals surface area contributed by atoms with Crippen LogP contribution in [0.3, 0.4) is 0 Å². The minimum atomic E-state index is 0.903. The molecule has 0 bridgehead atoms. The fourth-order valence-corrected chi connectivity index (χ4v) is 7.76. The summed E-state index contributed by atoms with van der Waals surface area (Å²) >= 11 is 0. The molecule has 0 saturated carbocycles. The van der Waals surface area contributed by atoms with Gasteiger partial charge in [0.05, 0.1) is 0 Å². The van der Waals surface area contributed by atoms with Crippen molar-refractivity contribution >= 4 is 49.8 Å². The molecule has 0 radical (unpaired) electrons. The Labute approximate surface area is 314 Å². The van der Waals surface area contributed by atoms with Crippen LogP contribution in [0.2, 0.25) is 0 Å². The van der Waals surface area contributed by atoms with Gasteiger partial charge in [-0.3, -0.25) is 0 Å². The highest BCUT2D eigenvalue weighted by molar-refractivity contribution is 6.06. The molecule has 0 amide bonds. The van der Waals surface area contributed by atoms with Crippen molar-refractivity contribution in [2.24, 2.45) is 0 Å². The van der Waals surface area contributed by atoms with Crippen LogP contribution >= 0.6 is 0 Å². The molecule has 254 valence electrons. The molecule has 0 saturated heterocycles. The number of nitrogens with zero attached hydrogens (tertiary/aromatic N) is 1. The van der Waals surface area contributed by atoms with Crippen LogP contribution in [0.1, 0.15) is 0 Å². The Morgan fingerprint density at radius 2 is 0.796 bits per heavy atom. The van der Waals surface area contributed by atoms with Crippen molar-refractivity contribution in [3.05, 3.63) is 212 Å². The Morgan fingerprint density at radius 1 is 0.278 bits per heavy atom. The second-order valence-corrected chi connectivity index (χ2v) is 13.8. The number of anilines is 3. The highest BCUT2D eigenvalue weighted by Gasteiger charge is 2.15. The molecule has 0 fully saturated rings. The fraction of sp³-hybridized carbons (Fsp3) is 0. The lowest BCUT2D eigenvalue weighted by Gasteiger charge is -2.26. The second kappa shape index (κ2) is 13.4. The van der Waals surface area contributed by atoms with Crippen molar-refractivity contribution in [3.8, 4) is 44.5 Å². The van der Waals surface area contributed by atoms with Crippen molar-refractivity contribution in [2.75, 3.05) is 4.90 Å². The van der Waals surface area contributed by atoms with E-state index in [1.54, 1.807) is 0 Å². The highest BCUT2D eigenvalue weighted by atomic mass is 16.3. The Morgan fingerprint density at radius 3 is 1.57 bits per heavy atom. The maximum absolute atomic E-state index is 6.22. The number of rotatable bonds is 7. The molecule has 9 aromatic carbocycles. The molecule has 1 aromatic heterocycles. The quantitative estimate of drug-likeness (QED) is 0.166. The predicted octanol–water partition coefficient (Wildman–Crippen LogP) is 14.9. The number of hydrogen-bond donors (Lipinski definition) is 0. The first-order valence-corrected chi connectivity index (χ1v) is 18.4. The summed E-state index contributed by atoms with van der Waals surface area (Å²) < 4.78 is 6.22. The zero-order valence-corrected chi connectivity index (χ0v) is 29.6. The van der Waals surface area contributed by atoms with Gasteiger partial charge in [-0.05, 0) is 116 Å². The topological polar surface area (TPSA) is 16.4 Å². The molecule has 0 N–H and O–H groups in total. The third-order valence-corrected chi connectivity index (χ3v) is 10.5. The van der Waals surface area contributed by atoms with Crippen LogP contribution in [0.5, 0.6) is 0 Å². The lowest BCUT2D eigenvalue weighted by molar-refractivity contribution is 0.669. The van der Waals surface area contributed by atoms with Gasteiger partial charge in [-0.25, -0.2) is 0 Å². The predicted molar refractivity (Wildman–Crippen MR) is 228 cm³/mol. The normalized spacial score (nSPS) is 11.3. The summed E-state index contributed by atoms with van der Waals surface area (Å²) in [5.41, 5.74) is 14.5. The summed E-state index contributed by atoms with van der Waals surface area (Å²) in [5.74, 6) is 0. The zero-order chi connectivity index (χ0) is 35.8.